The van der Waals surface area contributed by atoms with Gasteiger partial charge in [0, 0.05) is 51.0 Å². The number of halogens is 2. The summed E-state index contributed by atoms with van der Waals surface area (Å²) in [7, 11) is 9.10. The Balaban J connectivity index is 1.15. The van der Waals surface area contributed by atoms with Crippen LogP contribution in [0, 0.1) is 47.3 Å². The molecule has 11 nitrogen and oxygen atoms in total. The molecule has 7 aliphatic rings. The first-order valence-electron chi connectivity index (χ1n) is 20.9. The van der Waals surface area contributed by atoms with Gasteiger partial charge in [0.15, 0.2) is 18.4 Å². The van der Waals surface area contributed by atoms with Crippen LogP contribution in [0.15, 0.2) is 11.6 Å². The Morgan fingerprint density at radius 1 is 0.855 bits per heavy atom. The number of fused-ring (bicyclic) bond motifs is 8. The van der Waals surface area contributed by atoms with Gasteiger partial charge in [0.25, 0.3) is 0 Å². The highest BCUT2D eigenvalue weighted by Crippen LogP contribution is 2.77. The Bertz CT molecular complexity index is 1410. The zero-order chi connectivity index (χ0) is 39.5. The van der Waals surface area contributed by atoms with Gasteiger partial charge in [0.05, 0.1) is 30.8 Å². The van der Waals surface area contributed by atoms with Gasteiger partial charge in [0.1, 0.15) is 28.7 Å². The second-order valence-corrected chi connectivity index (χ2v) is 19.3. The van der Waals surface area contributed by atoms with E-state index in [0.29, 0.717) is 18.0 Å². The van der Waals surface area contributed by atoms with Gasteiger partial charge < -0.3 is 42.8 Å². The van der Waals surface area contributed by atoms with Crippen molar-refractivity contribution in [1.29, 1.82) is 0 Å². The largest absolute Gasteiger partial charge is 0.462 e. The molecule has 3 aliphatic heterocycles. The van der Waals surface area contributed by atoms with E-state index < -0.39 is 22.6 Å². The molecule has 19 atom stereocenters. The fourth-order valence-electron chi connectivity index (χ4n) is 12.0. The number of hydrogen-bond acceptors (Lipinski definition) is 11. The van der Waals surface area contributed by atoms with Crippen LogP contribution < -0.4 is 0 Å². The molecule has 7 rings (SSSR count). The summed E-state index contributed by atoms with van der Waals surface area (Å²) in [6.45, 7) is 8.12. The van der Waals surface area contributed by atoms with Crippen LogP contribution in [-0.2, 0) is 47.5 Å². The first-order chi connectivity index (χ1) is 26.2. The minimum absolute atomic E-state index is 0.0158. The Hall–Kier alpha value is -0.860. The van der Waals surface area contributed by atoms with Crippen LogP contribution in [0.5, 0.6) is 0 Å². The molecule has 3 saturated carbocycles. The van der Waals surface area contributed by atoms with E-state index in [-0.39, 0.29) is 109 Å². The maximum atomic E-state index is 14.9. The fraction of sp³-hybridized carbons (Fsp3) is 0.905. The number of carbonyl (C=O) groups is 2. The number of allylic oxidation sites excluding steroid dienone is 2. The van der Waals surface area contributed by atoms with Crippen molar-refractivity contribution in [3.63, 3.8) is 0 Å². The predicted molar refractivity (Wildman–Crippen MR) is 207 cm³/mol. The molecule has 6 fully saturated rings. The molecular formula is C42H65Cl2NO10. The lowest BCUT2D eigenvalue weighted by Crippen LogP contribution is -2.59. The summed E-state index contributed by atoms with van der Waals surface area (Å²) in [5.41, 5.74) is 0.713. The summed E-state index contributed by atoms with van der Waals surface area (Å²) < 4.78 is 48.9. The molecule has 0 aromatic heterocycles. The van der Waals surface area contributed by atoms with Crippen LogP contribution in [0.3, 0.4) is 0 Å². The maximum absolute atomic E-state index is 14.9. The van der Waals surface area contributed by atoms with Crippen LogP contribution in [0.25, 0.3) is 0 Å². The Morgan fingerprint density at radius 2 is 1.56 bits per heavy atom. The van der Waals surface area contributed by atoms with Gasteiger partial charge >= 0.3 is 5.97 Å². The number of methoxy groups -OCH3 is 3. The van der Waals surface area contributed by atoms with Gasteiger partial charge in [-0.25, -0.2) is 0 Å². The topological polar surface area (TPSA) is 111 Å². The molecule has 0 amide bonds. The number of rotatable bonds is 9. The lowest BCUT2D eigenvalue weighted by molar-refractivity contribution is -0.314. The van der Waals surface area contributed by atoms with E-state index in [1.807, 2.05) is 13.8 Å². The number of ketones is 1. The normalized spacial score (nSPS) is 48.4. The quantitative estimate of drug-likeness (QED) is 0.192. The summed E-state index contributed by atoms with van der Waals surface area (Å²) in [5.74, 6) is -0.622. The highest BCUT2D eigenvalue weighted by atomic mass is 35.5. The number of ether oxygens (including phenoxy) is 8. The molecule has 6 unspecified atom stereocenters. The molecule has 55 heavy (non-hydrogen) atoms. The smallest absolute Gasteiger partial charge is 0.306 e. The van der Waals surface area contributed by atoms with E-state index in [4.69, 9.17) is 61.1 Å². The summed E-state index contributed by atoms with van der Waals surface area (Å²) in [6.07, 6.45) is 5.43. The lowest BCUT2D eigenvalue weighted by Gasteiger charge is -2.44. The van der Waals surface area contributed by atoms with E-state index >= 15 is 0 Å². The number of likely N-dealkylation sites (N-methyl/N-ethyl adjacent to an activating group) is 1. The molecule has 3 saturated heterocycles. The minimum atomic E-state index is -0.947. The number of cyclic esters (lactones) is 1. The average molecular weight is 815 g/mol. The Labute approximate surface area is 338 Å². The highest BCUT2D eigenvalue weighted by Gasteiger charge is 2.76. The molecule has 4 aliphatic carbocycles. The van der Waals surface area contributed by atoms with Gasteiger partial charge in [-0.1, -0.05) is 19.9 Å². The highest BCUT2D eigenvalue weighted by molar-refractivity contribution is 6.51. The van der Waals surface area contributed by atoms with Crippen molar-refractivity contribution in [3.05, 3.63) is 11.6 Å². The molecular weight excluding hydrogens is 749 g/mol. The van der Waals surface area contributed by atoms with Gasteiger partial charge in [-0.15, -0.1) is 23.2 Å². The number of hydrogen-bond donors (Lipinski definition) is 0. The third-order valence-electron chi connectivity index (χ3n) is 14.7. The Morgan fingerprint density at radius 3 is 2.22 bits per heavy atom. The third kappa shape index (κ3) is 7.96. The van der Waals surface area contributed by atoms with Crippen molar-refractivity contribution in [2.45, 2.75) is 157 Å². The number of nitrogens with zero attached hydrogens (tertiary/aromatic N) is 1. The molecule has 0 bridgehead atoms. The van der Waals surface area contributed by atoms with Crippen LogP contribution in [-0.4, -0.2) is 124 Å². The summed E-state index contributed by atoms with van der Waals surface area (Å²) in [6, 6.07) is 0.319. The van der Waals surface area contributed by atoms with E-state index in [1.165, 1.54) is 0 Å². The monoisotopic (exact) mass is 813 g/mol. The Kier molecular flexibility index (Phi) is 13.1. The first-order valence-corrected chi connectivity index (χ1v) is 21.7. The molecule has 312 valence electrons. The second kappa shape index (κ2) is 17.0. The van der Waals surface area contributed by atoms with Crippen molar-refractivity contribution in [1.82, 2.24) is 4.90 Å². The van der Waals surface area contributed by atoms with Crippen molar-refractivity contribution >= 4 is 35.0 Å². The van der Waals surface area contributed by atoms with Gasteiger partial charge in [-0.3, -0.25) is 9.59 Å². The summed E-state index contributed by atoms with van der Waals surface area (Å²) in [4.78, 5) is 30.8. The molecule has 0 aromatic carbocycles. The molecule has 0 N–H and O–H groups in total. The SMILES string of the molecule is CC[C@H]1CCC[C@H](OC2CC[C@H](N(C)C)C(C)O2)[C@@H](C)C(=O)C2=C[C@H]3[C@@H]4C[C@H](O[C@@H]5OC(C)[C@H](OC)C(OC)[C@@H]5OC)C[C@H]4C4C([C@H]3[C@@H]2CC(=O)O1)C4(Cl)Cl. The van der Waals surface area contributed by atoms with Crippen LogP contribution in [0.2, 0.25) is 0 Å². The van der Waals surface area contributed by atoms with Crippen LogP contribution in [0.1, 0.15) is 85.5 Å². The molecule has 0 aromatic rings. The number of carbonyl (C=O) groups excluding carboxylic acids is 2. The zero-order valence-electron chi connectivity index (χ0n) is 34.2. The standard InChI is InChI=1S/C42H65Cl2NO10/c1-10-23-12-11-13-31(55-33-15-14-30(45(5)6)21(3)51-33)20(2)37(47)29-18-26-25-16-24(54-41-40(50-9)39(49-8)38(48-7)22(4)52-41)17-28(25)35-36(42(35,43)44)34(26)27(29)19-32(46)53-23/h18,20-28,30-31,33-36,38-41H,10-17,19H2,1-9H3/t20-,21?,22?,23+,24+,25+,26+,27-,28-,30+,31+,33?,34-,35?,36?,38+,39?,40+,41+/m1/s1. The van der Waals surface area contributed by atoms with E-state index in [1.54, 1.807) is 21.3 Å². The minimum Gasteiger partial charge on any atom is -0.462 e. The average Bonchev–Trinajstić information content (AvgIpc) is 3.40. The van der Waals surface area contributed by atoms with Crippen LogP contribution in [0.4, 0.5) is 0 Å². The lowest BCUT2D eigenvalue weighted by atomic mass is 9.66. The molecule has 0 spiro atoms. The third-order valence-corrected chi connectivity index (χ3v) is 15.7. The maximum Gasteiger partial charge on any atom is 0.306 e. The predicted octanol–water partition coefficient (Wildman–Crippen LogP) is 6.35. The summed E-state index contributed by atoms with van der Waals surface area (Å²) >= 11 is 14.5. The molecule has 3 heterocycles. The van der Waals surface area contributed by atoms with E-state index in [0.717, 1.165) is 44.9 Å². The van der Waals surface area contributed by atoms with Gasteiger partial charge in [0.2, 0.25) is 0 Å². The van der Waals surface area contributed by atoms with Crippen molar-refractivity contribution in [2.75, 3.05) is 35.4 Å². The zero-order valence-corrected chi connectivity index (χ0v) is 35.7. The van der Waals surface area contributed by atoms with Gasteiger partial charge in [-0.05, 0) is 109 Å². The van der Waals surface area contributed by atoms with Gasteiger partial charge in [-0.2, -0.15) is 0 Å². The second-order valence-electron chi connectivity index (χ2n) is 17.8. The van der Waals surface area contributed by atoms with E-state index in [2.05, 4.69) is 38.9 Å². The number of alkyl halides is 2. The number of esters is 1. The van der Waals surface area contributed by atoms with Crippen molar-refractivity contribution < 1.29 is 47.5 Å². The van der Waals surface area contributed by atoms with Crippen molar-refractivity contribution in [2.24, 2.45) is 47.3 Å². The van der Waals surface area contributed by atoms with E-state index in [9.17, 15) is 9.59 Å². The summed E-state index contributed by atoms with van der Waals surface area (Å²) in [5, 5.41) is 0. The molecule has 13 heteroatoms. The van der Waals surface area contributed by atoms with Crippen LogP contribution >= 0.6 is 23.2 Å². The van der Waals surface area contributed by atoms with Crippen molar-refractivity contribution in [3.8, 4) is 0 Å². The number of Topliss-reactive ketones (excluding diaryl/α,β-unsaturated/α-hetero) is 1. The fourth-order valence-corrected chi connectivity index (χ4v) is 13.0. The molecule has 0 radical (unpaired) electrons. The first kappa shape index (κ1) is 42.3.